The standard InChI is InChI=1S/C20H18O4/c1-3-23-19(21)17-11-15-9-13-7-5-6-8-14(13)10-16(15)12-18(17)20(22)24-4-2/h5-12H,3-4H2,1-2H3. The highest BCUT2D eigenvalue weighted by molar-refractivity contribution is 6.09. The van der Waals surface area contributed by atoms with Gasteiger partial charge in [-0.1, -0.05) is 24.3 Å². The summed E-state index contributed by atoms with van der Waals surface area (Å²) in [5.41, 5.74) is 0.469. The Labute approximate surface area is 140 Å². The first-order valence-corrected chi connectivity index (χ1v) is 7.94. The number of fused-ring (bicyclic) bond motifs is 2. The van der Waals surface area contributed by atoms with Gasteiger partial charge in [-0.3, -0.25) is 0 Å². The number of hydrogen-bond donors (Lipinski definition) is 0. The number of ether oxygens (including phenoxy) is 2. The van der Waals surface area contributed by atoms with E-state index in [1.54, 1.807) is 26.0 Å². The molecule has 0 N–H and O–H groups in total. The van der Waals surface area contributed by atoms with E-state index < -0.39 is 11.9 Å². The van der Waals surface area contributed by atoms with Crippen molar-refractivity contribution in [1.82, 2.24) is 0 Å². The Balaban J connectivity index is 2.24. The second-order valence-electron chi connectivity index (χ2n) is 5.39. The molecule has 0 amide bonds. The Morgan fingerprint density at radius 3 is 1.50 bits per heavy atom. The van der Waals surface area contributed by atoms with E-state index in [1.165, 1.54) is 0 Å². The Bertz CT molecular complexity index is 851. The minimum atomic E-state index is -0.518. The van der Waals surface area contributed by atoms with Crippen LogP contribution in [0, 0.1) is 0 Å². The van der Waals surface area contributed by atoms with Gasteiger partial charge in [-0.15, -0.1) is 0 Å². The van der Waals surface area contributed by atoms with E-state index >= 15 is 0 Å². The second kappa shape index (κ2) is 6.71. The quantitative estimate of drug-likeness (QED) is 0.529. The minimum absolute atomic E-state index is 0.234. The maximum atomic E-state index is 12.3. The van der Waals surface area contributed by atoms with E-state index in [0.717, 1.165) is 21.5 Å². The van der Waals surface area contributed by atoms with Crippen molar-refractivity contribution in [2.24, 2.45) is 0 Å². The van der Waals surface area contributed by atoms with Crippen molar-refractivity contribution in [2.75, 3.05) is 13.2 Å². The first-order valence-electron chi connectivity index (χ1n) is 7.94. The third kappa shape index (κ3) is 2.95. The fourth-order valence-corrected chi connectivity index (χ4v) is 2.75. The minimum Gasteiger partial charge on any atom is -0.462 e. The van der Waals surface area contributed by atoms with Gasteiger partial charge in [0.15, 0.2) is 0 Å². The number of carbonyl (C=O) groups excluding carboxylic acids is 2. The van der Waals surface area contributed by atoms with E-state index in [9.17, 15) is 9.59 Å². The molecule has 0 fully saturated rings. The van der Waals surface area contributed by atoms with Crippen molar-refractivity contribution in [3.63, 3.8) is 0 Å². The zero-order chi connectivity index (χ0) is 17.1. The number of esters is 2. The molecule has 0 radical (unpaired) electrons. The molecule has 3 rings (SSSR count). The van der Waals surface area contributed by atoms with Gasteiger partial charge >= 0.3 is 11.9 Å². The average molecular weight is 322 g/mol. The topological polar surface area (TPSA) is 52.6 Å². The molecule has 4 nitrogen and oxygen atoms in total. The molecule has 0 aliphatic rings. The van der Waals surface area contributed by atoms with Crippen LogP contribution < -0.4 is 0 Å². The summed E-state index contributed by atoms with van der Waals surface area (Å²) >= 11 is 0. The number of carbonyl (C=O) groups is 2. The molecule has 3 aromatic carbocycles. The third-order valence-electron chi connectivity index (χ3n) is 3.83. The van der Waals surface area contributed by atoms with E-state index in [0.29, 0.717) is 0 Å². The highest BCUT2D eigenvalue weighted by Crippen LogP contribution is 2.27. The summed E-state index contributed by atoms with van der Waals surface area (Å²) in [5.74, 6) is -1.04. The van der Waals surface area contributed by atoms with Gasteiger partial charge in [0.25, 0.3) is 0 Å². The van der Waals surface area contributed by atoms with Crippen molar-refractivity contribution in [3.05, 3.63) is 59.7 Å². The van der Waals surface area contributed by atoms with Crippen molar-refractivity contribution >= 4 is 33.5 Å². The fraction of sp³-hybridized carbons (Fsp3) is 0.200. The predicted octanol–water partition coefficient (Wildman–Crippen LogP) is 4.35. The van der Waals surface area contributed by atoms with Gasteiger partial charge < -0.3 is 9.47 Å². The Morgan fingerprint density at radius 1 is 0.708 bits per heavy atom. The lowest BCUT2D eigenvalue weighted by Crippen LogP contribution is -2.14. The van der Waals surface area contributed by atoms with E-state index in [1.807, 2.05) is 36.4 Å². The Kier molecular flexibility index (Phi) is 4.47. The van der Waals surface area contributed by atoms with Gasteiger partial charge in [-0.2, -0.15) is 0 Å². The van der Waals surface area contributed by atoms with Crippen LogP contribution in [0.15, 0.2) is 48.5 Å². The van der Waals surface area contributed by atoms with Gasteiger partial charge in [0.1, 0.15) is 0 Å². The molecule has 0 heterocycles. The molecule has 0 aromatic heterocycles. The molecule has 122 valence electrons. The van der Waals surface area contributed by atoms with Crippen LogP contribution in [0.25, 0.3) is 21.5 Å². The SMILES string of the molecule is CCOC(=O)c1cc2cc3ccccc3cc2cc1C(=O)OCC. The summed E-state index contributed by atoms with van der Waals surface area (Å²) < 4.78 is 10.2. The van der Waals surface area contributed by atoms with E-state index in [2.05, 4.69) is 0 Å². The first kappa shape index (κ1) is 16.0. The zero-order valence-corrected chi connectivity index (χ0v) is 13.7. The number of benzene rings is 3. The summed E-state index contributed by atoms with van der Waals surface area (Å²) in [4.78, 5) is 24.5. The third-order valence-corrected chi connectivity index (χ3v) is 3.83. The lowest BCUT2D eigenvalue weighted by Gasteiger charge is -2.11. The molecule has 0 unspecified atom stereocenters. The molecule has 0 spiro atoms. The summed E-state index contributed by atoms with van der Waals surface area (Å²) in [5, 5.41) is 3.90. The highest BCUT2D eigenvalue weighted by atomic mass is 16.5. The maximum Gasteiger partial charge on any atom is 0.339 e. The lowest BCUT2D eigenvalue weighted by molar-refractivity contribution is 0.0479. The van der Waals surface area contributed by atoms with E-state index in [-0.39, 0.29) is 24.3 Å². The van der Waals surface area contributed by atoms with Crippen molar-refractivity contribution in [2.45, 2.75) is 13.8 Å². The van der Waals surface area contributed by atoms with Crippen LogP contribution in [0.2, 0.25) is 0 Å². The number of rotatable bonds is 4. The molecule has 4 heteroatoms. The molecule has 0 aliphatic heterocycles. The molecule has 0 saturated heterocycles. The molecule has 0 atom stereocenters. The van der Waals surface area contributed by atoms with Crippen LogP contribution in [-0.2, 0) is 9.47 Å². The van der Waals surface area contributed by atoms with Gasteiger partial charge in [0.2, 0.25) is 0 Å². The summed E-state index contributed by atoms with van der Waals surface area (Å²) in [6, 6.07) is 15.4. The Morgan fingerprint density at radius 2 is 1.12 bits per heavy atom. The summed E-state index contributed by atoms with van der Waals surface area (Å²) in [7, 11) is 0. The molecular formula is C20H18O4. The molecule has 0 saturated carbocycles. The highest BCUT2D eigenvalue weighted by Gasteiger charge is 2.20. The normalized spacial score (nSPS) is 10.8. The van der Waals surface area contributed by atoms with E-state index in [4.69, 9.17) is 9.47 Å². The average Bonchev–Trinajstić information content (AvgIpc) is 2.59. The largest absolute Gasteiger partial charge is 0.462 e. The van der Waals surface area contributed by atoms with Crippen LogP contribution in [0.1, 0.15) is 34.6 Å². The number of hydrogen-bond acceptors (Lipinski definition) is 4. The predicted molar refractivity (Wildman–Crippen MR) is 93.4 cm³/mol. The molecular weight excluding hydrogens is 304 g/mol. The second-order valence-corrected chi connectivity index (χ2v) is 5.39. The molecule has 0 bridgehead atoms. The van der Waals surface area contributed by atoms with Crippen LogP contribution in [0.3, 0.4) is 0 Å². The summed E-state index contributed by atoms with van der Waals surface area (Å²) in [6.45, 7) is 3.96. The monoisotopic (exact) mass is 322 g/mol. The fourth-order valence-electron chi connectivity index (χ4n) is 2.75. The smallest absolute Gasteiger partial charge is 0.339 e. The molecule has 24 heavy (non-hydrogen) atoms. The molecule has 3 aromatic rings. The lowest BCUT2D eigenvalue weighted by atomic mass is 9.98. The first-order chi connectivity index (χ1) is 11.6. The maximum absolute atomic E-state index is 12.3. The van der Waals surface area contributed by atoms with Crippen LogP contribution in [0.5, 0.6) is 0 Å². The Hall–Kier alpha value is -2.88. The van der Waals surface area contributed by atoms with Crippen LogP contribution in [0.4, 0.5) is 0 Å². The summed E-state index contributed by atoms with van der Waals surface area (Å²) in [6.07, 6.45) is 0. The van der Waals surface area contributed by atoms with Crippen LogP contribution >= 0.6 is 0 Å². The van der Waals surface area contributed by atoms with Gasteiger partial charge in [-0.05, 0) is 59.7 Å². The van der Waals surface area contributed by atoms with Gasteiger partial charge in [0.05, 0.1) is 24.3 Å². The van der Waals surface area contributed by atoms with Gasteiger partial charge in [0, 0.05) is 0 Å². The van der Waals surface area contributed by atoms with Crippen molar-refractivity contribution in [3.8, 4) is 0 Å². The van der Waals surface area contributed by atoms with Crippen molar-refractivity contribution < 1.29 is 19.1 Å². The van der Waals surface area contributed by atoms with Crippen LogP contribution in [-0.4, -0.2) is 25.2 Å². The zero-order valence-electron chi connectivity index (χ0n) is 13.7. The van der Waals surface area contributed by atoms with Gasteiger partial charge in [-0.25, -0.2) is 9.59 Å². The molecule has 0 aliphatic carbocycles. The van der Waals surface area contributed by atoms with Crippen molar-refractivity contribution in [1.29, 1.82) is 0 Å².